The summed E-state index contributed by atoms with van der Waals surface area (Å²) in [5, 5.41) is 0. The lowest BCUT2D eigenvalue weighted by Gasteiger charge is -2.10. The molecule has 1 nitrogen and oxygen atoms in total. The molecule has 1 aromatic carbocycles. The van der Waals surface area contributed by atoms with Crippen LogP contribution in [-0.2, 0) is 0 Å². The highest BCUT2D eigenvalue weighted by Gasteiger charge is 2.07. The molecule has 0 fully saturated rings. The number of benzene rings is 1. The number of halogens is 1. The second-order valence-corrected chi connectivity index (χ2v) is 3.75. The summed E-state index contributed by atoms with van der Waals surface area (Å²) in [7, 11) is 1.60. The lowest BCUT2D eigenvalue weighted by atomic mass is 10.0. The van der Waals surface area contributed by atoms with Crippen LogP contribution in [0.3, 0.4) is 0 Å². The summed E-state index contributed by atoms with van der Waals surface area (Å²) in [4.78, 5) is 0. The first-order chi connectivity index (χ1) is 8.06. The van der Waals surface area contributed by atoms with Crippen LogP contribution in [-0.4, -0.2) is 7.11 Å². The van der Waals surface area contributed by atoms with Gasteiger partial charge in [0.15, 0.2) is 0 Å². The van der Waals surface area contributed by atoms with Gasteiger partial charge in [0.2, 0.25) is 0 Å². The van der Waals surface area contributed by atoms with Crippen molar-refractivity contribution in [2.24, 2.45) is 0 Å². The lowest BCUT2D eigenvalue weighted by Crippen LogP contribution is -1.94. The van der Waals surface area contributed by atoms with Crippen molar-refractivity contribution in [3.8, 4) is 5.75 Å². The molecule has 0 heterocycles. The van der Waals surface area contributed by atoms with E-state index in [1.165, 1.54) is 18.6 Å². The maximum atomic E-state index is 12.8. The fraction of sp³-hybridized carbons (Fsp3) is 0.600. The van der Waals surface area contributed by atoms with E-state index in [1.807, 2.05) is 27.7 Å². The number of methoxy groups -OCH3 is 1. The number of rotatable bonds is 2. The van der Waals surface area contributed by atoms with Gasteiger partial charge in [-0.2, -0.15) is 0 Å². The number of hydrogen-bond donors (Lipinski definition) is 0. The molecule has 0 bridgehead atoms. The highest BCUT2D eigenvalue weighted by Crippen LogP contribution is 2.26. The topological polar surface area (TPSA) is 9.23 Å². The molecular weight excluding hydrogens is 215 g/mol. The zero-order valence-electron chi connectivity index (χ0n) is 12.3. The van der Waals surface area contributed by atoms with Gasteiger partial charge in [-0.3, -0.25) is 0 Å². The van der Waals surface area contributed by atoms with Crippen molar-refractivity contribution in [3.63, 3.8) is 0 Å². The minimum atomic E-state index is -0.209. The summed E-state index contributed by atoms with van der Waals surface area (Å²) in [6.45, 7) is 12.3. The molecule has 0 aliphatic rings. The maximum absolute atomic E-state index is 12.8. The Hall–Kier alpha value is -1.05. The van der Waals surface area contributed by atoms with Crippen molar-refractivity contribution in [3.05, 3.63) is 29.6 Å². The normalized spacial score (nSPS) is 8.76. The SMILES string of the molecule is CC.CCC.COc1ccc(F)cc1C(C)C. The van der Waals surface area contributed by atoms with E-state index in [-0.39, 0.29) is 11.7 Å². The van der Waals surface area contributed by atoms with Crippen LogP contribution in [0.25, 0.3) is 0 Å². The molecule has 1 aromatic rings. The van der Waals surface area contributed by atoms with Crippen molar-refractivity contribution in [1.82, 2.24) is 0 Å². The molecular formula is C15H27FO. The van der Waals surface area contributed by atoms with E-state index in [0.29, 0.717) is 0 Å². The Morgan fingerprint density at radius 3 is 2.00 bits per heavy atom. The monoisotopic (exact) mass is 242 g/mol. The van der Waals surface area contributed by atoms with Crippen LogP contribution in [0, 0.1) is 5.82 Å². The summed E-state index contributed by atoms with van der Waals surface area (Å²) in [6.07, 6.45) is 1.25. The average molecular weight is 242 g/mol. The Labute approximate surface area is 106 Å². The van der Waals surface area contributed by atoms with Crippen LogP contribution in [0.1, 0.15) is 59.4 Å². The van der Waals surface area contributed by atoms with Crippen molar-refractivity contribution >= 4 is 0 Å². The molecule has 1 rings (SSSR count). The van der Waals surface area contributed by atoms with Gasteiger partial charge in [0.25, 0.3) is 0 Å². The van der Waals surface area contributed by atoms with E-state index in [0.717, 1.165) is 11.3 Å². The molecule has 0 amide bonds. The third kappa shape index (κ3) is 7.78. The third-order valence-corrected chi connectivity index (χ3v) is 1.81. The van der Waals surface area contributed by atoms with Crippen LogP contribution in [0.4, 0.5) is 4.39 Å². The standard InChI is InChI=1S/C10H13FO.C3H8.C2H6/c1-7(2)9-6-8(11)4-5-10(9)12-3;1-3-2;1-2/h4-7H,1-3H3;3H2,1-2H3;1-2H3. The van der Waals surface area contributed by atoms with Gasteiger partial charge in [-0.25, -0.2) is 4.39 Å². The van der Waals surface area contributed by atoms with E-state index in [9.17, 15) is 4.39 Å². The molecule has 0 N–H and O–H groups in total. The van der Waals surface area contributed by atoms with Gasteiger partial charge in [0.1, 0.15) is 11.6 Å². The second kappa shape index (κ2) is 11.4. The summed E-state index contributed by atoms with van der Waals surface area (Å²) < 4.78 is 17.9. The molecule has 100 valence electrons. The molecule has 0 aromatic heterocycles. The molecule has 0 saturated heterocycles. The summed E-state index contributed by atoms with van der Waals surface area (Å²) in [5.74, 6) is 0.835. The van der Waals surface area contributed by atoms with Gasteiger partial charge in [-0.1, -0.05) is 48.0 Å². The molecule has 0 atom stereocenters. The summed E-state index contributed by atoms with van der Waals surface area (Å²) in [6, 6.07) is 4.58. The Kier molecular flexibility index (Phi) is 12.3. The van der Waals surface area contributed by atoms with E-state index in [1.54, 1.807) is 13.2 Å². The fourth-order valence-electron chi connectivity index (χ4n) is 1.16. The minimum Gasteiger partial charge on any atom is -0.496 e. The van der Waals surface area contributed by atoms with Gasteiger partial charge >= 0.3 is 0 Å². The van der Waals surface area contributed by atoms with E-state index in [2.05, 4.69) is 13.8 Å². The van der Waals surface area contributed by atoms with E-state index >= 15 is 0 Å². The van der Waals surface area contributed by atoms with Crippen molar-refractivity contribution < 1.29 is 9.13 Å². The molecule has 0 unspecified atom stereocenters. The molecule has 0 saturated carbocycles. The quantitative estimate of drug-likeness (QED) is 0.674. The second-order valence-electron chi connectivity index (χ2n) is 3.75. The van der Waals surface area contributed by atoms with Crippen molar-refractivity contribution in [2.75, 3.05) is 7.11 Å². The molecule has 0 aliphatic heterocycles. The van der Waals surface area contributed by atoms with Crippen LogP contribution >= 0.6 is 0 Å². The predicted octanol–water partition coefficient (Wildman–Crippen LogP) is 5.40. The van der Waals surface area contributed by atoms with Gasteiger partial charge < -0.3 is 4.74 Å². The van der Waals surface area contributed by atoms with Gasteiger partial charge in [-0.05, 0) is 29.7 Å². The zero-order valence-corrected chi connectivity index (χ0v) is 12.3. The van der Waals surface area contributed by atoms with Crippen LogP contribution in [0.5, 0.6) is 5.75 Å². The zero-order chi connectivity index (χ0) is 13.8. The van der Waals surface area contributed by atoms with E-state index in [4.69, 9.17) is 4.74 Å². The molecule has 17 heavy (non-hydrogen) atoms. The Bertz CT molecular complexity index is 282. The number of hydrogen-bond acceptors (Lipinski definition) is 1. The largest absolute Gasteiger partial charge is 0.496 e. The Balaban J connectivity index is 0. The van der Waals surface area contributed by atoms with Crippen molar-refractivity contribution in [2.45, 2.75) is 53.9 Å². The van der Waals surface area contributed by atoms with Gasteiger partial charge in [0.05, 0.1) is 7.11 Å². The molecule has 0 aliphatic carbocycles. The minimum absolute atomic E-state index is 0.209. The maximum Gasteiger partial charge on any atom is 0.123 e. The number of ether oxygens (including phenoxy) is 1. The smallest absolute Gasteiger partial charge is 0.123 e. The van der Waals surface area contributed by atoms with Gasteiger partial charge in [-0.15, -0.1) is 0 Å². The lowest BCUT2D eigenvalue weighted by molar-refractivity contribution is 0.406. The highest BCUT2D eigenvalue weighted by molar-refractivity contribution is 5.36. The fourth-order valence-corrected chi connectivity index (χ4v) is 1.16. The van der Waals surface area contributed by atoms with Crippen molar-refractivity contribution in [1.29, 1.82) is 0 Å². The first-order valence-electron chi connectivity index (χ1n) is 6.40. The Morgan fingerprint density at radius 2 is 1.65 bits per heavy atom. The third-order valence-electron chi connectivity index (χ3n) is 1.81. The van der Waals surface area contributed by atoms with E-state index < -0.39 is 0 Å². The predicted molar refractivity (Wildman–Crippen MR) is 74.4 cm³/mol. The van der Waals surface area contributed by atoms with Gasteiger partial charge in [0, 0.05) is 0 Å². The molecule has 2 heteroatoms. The van der Waals surface area contributed by atoms with Crippen LogP contribution in [0.2, 0.25) is 0 Å². The van der Waals surface area contributed by atoms with Crippen LogP contribution < -0.4 is 4.74 Å². The Morgan fingerprint density at radius 1 is 1.18 bits per heavy atom. The highest BCUT2D eigenvalue weighted by atomic mass is 19.1. The average Bonchev–Trinajstić information content (AvgIpc) is 2.32. The summed E-state index contributed by atoms with van der Waals surface area (Å²) >= 11 is 0. The first kappa shape index (κ1) is 18.3. The molecule has 0 spiro atoms. The summed E-state index contributed by atoms with van der Waals surface area (Å²) in [5.41, 5.74) is 0.914. The molecule has 0 radical (unpaired) electrons. The first-order valence-corrected chi connectivity index (χ1v) is 6.40. The van der Waals surface area contributed by atoms with Crippen LogP contribution in [0.15, 0.2) is 18.2 Å².